The number of halogens is 3. The first-order valence-corrected chi connectivity index (χ1v) is 5.72. The second-order valence-corrected chi connectivity index (χ2v) is 3.80. The minimum atomic E-state index is -4.90. The second-order valence-electron chi connectivity index (χ2n) is 3.80. The predicted octanol–water partition coefficient (Wildman–Crippen LogP) is 2.93. The highest BCUT2D eigenvalue weighted by Gasteiger charge is 2.36. The molecule has 0 N–H and O–H groups in total. The first kappa shape index (κ1) is 14.4. The van der Waals surface area contributed by atoms with Crippen LogP contribution in [0, 0.1) is 0 Å². The van der Waals surface area contributed by atoms with E-state index in [1.165, 1.54) is 0 Å². The number of benzene rings is 2. The summed E-state index contributed by atoms with van der Waals surface area (Å²) in [5.74, 6) is 0.368. The van der Waals surface area contributed by atoms with Gasteiger partial charge in [-0.2, -0.15) is 0 Å². The van der Waals surface area contributed by atoms with Crippen LogP contribution < -0.4 is 10.1 Å². The Morgan fingerprint density at radius 1 is 0.800 bits per heavy atom. The molecule has 0 fully saturated rings. The predicted molar refractivity (Wildman–Crippen MR) is 67.1 cm³/mol. The standard InChI is InChI=1S/C13H10BF3O3/c15-13(16,17)19-20-14(11-7-3-1-4-8-11)18-12-9-5-2-6-10-12/h1-10H. The number of para-hydroxylation sites is 1. The molecule has 0 amide bonds. The van der Waals surface area contributed by atoms with Crippen molar-refractivity contribution in [2.45, 2.75) is 6.36 Å². The number of hydrogen-bond acceptors (Lipinski definition) is 3. The molecule has 0 aliphatic heterocycles. The Morgan fingerprint density at radius 2 is 1.35 bits per heavy atom. The zero-order valence-electron chi connectivity index (χ0n) is 10.2. The van der Waals surface area contributed by atoms with Crippen LogP contribution in [0.25, 0.3) is 0 Å². The van der Waals surface area contributed by atoms with Crippen molar-refractivity contribution in [3.8, 4) is 5.75 Å². The van der Waals surface area contributed by atoms with Crippen molar-refractivity contribution < 1.29 is 27.5 Å². The lowest BCUT2D eigenvalue weighted by molar-refractivity contribution is -0.451. The van der Waals surface area contributed by atoms with Crippen molar-refractivity contribution in [1.29, 1.82) is 0 Å². The van der Waals surface area contributed by atoms with Gasteiger partial charge < -0.3 is 4.65 Å². The van der Waals surface area contributed by atoms with Crippen LogP contribution in [-0.2, 0) is 9.69 Å². The average Bonchev–Trinajstić information content (AvgIpc) is 2.44. The van der Waals surface area contributed by atoms with Gasteiger partial charge in [0, 0.05) is 0 Å². The maximum absolute atomic E-state index is 12.1. The van der Waals surface area contributed by atoms with Crippen LogP contribution in [0.5, 0.6) is 5.75 Å². The monoisotopic (exact) mass is 282 g/mol. The molecule has 0 saturated heterocycles. The summed E-state index contributed by atoms with van der Waals surface area (Å²) in [6.45, 7) is 0. The van der Waals surface area contributed by atoms with E-state index in [9.17, 15) is 13.2 Å². The van der Waals surface area contributed by atoms with E-state index < -0.39 is 13.5 Å². The lowest BCUT2D eigenvalue weighted by Gasteiger charge is -2.15. The molecule has 2 aromatic rings. The van der Waals surface area contributed by atoms with Gasteiger partial charge in [0.15, 0.2) is 0 Å². The fourth-order valence-electron chi connectivity index (χ4n) is 1.47. The minimum Gasteiger partial charge on any atom is -0.531 e. The van der Waals surface area contributed by atoms with Crippen LogP contribution in [-0.4, -0.2) is 13.5 Å². The van der Waals surface area contributed by atoms with Gasteiger partial charge >= 0.3 is 13.5 Å². The average molecular weight is 282 g/mol. The number of alkyl halides is 3. The van der Waals surface area contributed by atoms with Crippen molar-refractivity contribution in [2.24, 2.45) is 0 Å². The molecule has 0 bridgehead atoms. The quantitative estimate of drug-likeness (QED) is 0.479. The number of rotatable bonds is 5. The summed E-state index contributed by atoms with van der Waals surface area (Å²) in [4.78, 5) is 7.74. The third kappa shape index (κ3) is 4.60. The molecular formula is C13H10BF3O3. The Labute approximate surface area is 114 Å². The lowest BCUT2D eigenvalue weighted by Crippen LogP contribution is -2.41. The van der Waals surface area contributed by atoms with Gasteiger partial charge in [-0.15, -0.1) is 18.1 Å². The maximum atomic E-state index is 12.1. The van der Waals surface area contributed by atoms with E-state index in [0.717, 1.165) is 0 Å². The van der Waals surface area contributed by atoms with Gasteiger partial charge in [0.2, 0.25) is 0 Å². The molecule has 0 heterocycles. The zero-order valence-corrected chi connectivity index (χ0v) is 10.2. The van der Waals surface area contributed by atoms with E-state index in [2.05, 4.69) is 9.69 Å². The highest BCUT2D eigenvalue weighted by Crippen LogP contribution is 2.18. The molecule has 2 aromatic carbocycles. The van der Waals surface area contributed by atoms with Crippen LogP contribution in [0.15, 0.2) is 60.7 Å². The summed E-state index contributed by atoms with van der Waals surface area (Å²) in [5.41, 5.74) is 0.403. The fourth-order valence-corrected chi connectivity index (χ4v) is 1.47. The minimum absolute atomic E-state index is 0.368. The zero-order chi connectivity index (χ0) is 14.4. The van der Waals surface area contributed by atoms with E-state index >= 15 is 0 Å². The first-order chi connectivity index (χ1) is 9.54. The molecule has 3 nitrogen and oxygen atoms in total. The summed E-state index contributed by atoms with van der Waals surface area (Å²) in [7, 11) is -1.32. The smallest absolute Gasteiger partial charge is 0.531 e. The Kier molecular flexibility index (Phi) is 4.65. The normalized spacial score (nSPS) is 11.2. The summed E-state index contributed by atoms with van der Waals surface area (Å²) in [5, 5.41) is 0. The van der Waals surface area contributed by atoms with E-state index in [1.807, 2.05) is 0 Å². The van der Waals surface area contributed by atoms with Gasteiger partial charge in [-0.1, -0.05) is 48.5 Å². The van der Waals surface area contributed by atoms with E-state index in [-0.39, 0.29) is 0 Å². The molecule has 104 valence electrons. The number of hydrogen-bond donors (Lipinski definition) is 0. The van der Waals surface area contributed by atoms with Gasteiger partial charge in [-0.05, 0) is 17.6 Å². The molecule has 0 aliphatic rings. The molecular weight excluding hydrogens is 272 g/mol. The molecule has 0 aliphatic carbocycles. The van der Waals surface area contributed by atoms with Crippen LogP contribution in [0.4, 0.5) is 13.2 Å². The van der Waals surface area contributed by atoms with Crippen LogP contribution >= 0.6 is 0 Å². The molecule has 7 heteroatoms. The van der Waals surface area contributed by atoms with Gasteiger partial charge in [0.25, 0.3) is 0 Å². The van der Waals surface area contributed by atoms with Gasteiger partial charge in [-0.25, -0.2) is 4.81 Å². The fraction of sp³-hybridized carbons (Fsp3) is 0.0769. The van der Waals surface area contributed by atoms with E-state index in [1.54, 1.807) is 60.7 Å². The van der Waals surface area contributed by atoms with Crippen molar-refractivity contribution in [3.63, 3.8) is 0 Å². The summed E-state index contributed by atoms with van der Waals surface area (Å²) in [6, 6.07) is 16.6. The van der Waals surface area contributed by atoms with Crippen LogP contribution in [0.2, 0.25) is 0 Å². The van der Waals surface area contributed by atoms with E-state index in [0.29, 0.717) is 11.2 Å². The van der Waals surface area contributed by atoms with Gasteiger partial charge in [0.05, 0.1) is 0 Å². The molecule has 20 heavy (non-hydrogen) atoms. The molecule has 0 saturated carbocycles. The van der Waals surface area contributed by atoms with Crippen LogP contribution in [0.1, 0.15) is 0 Å². The largest absolute Gasteiger partial charge is 0.591 e. The SMILES string of the molecule is FC(F)(F)OOB(Oc1ccccc1)c1ccccc1. The topological polar surface area (TPSA) is 27.7 Å². The lowest BCUT2D eigenvalue weighted by atomic mass is 9.79. The highest BCUT2D eigenvalue weighted by atomic mass is 19.4. The molecule has 0 radical (unpaired) electrons. The van der Waals surface area contributed by atoms with Crippen LogP contribution in [0.3, 0.4) is 0 Å². The first-order valence-electron chi connectivity index (χ1n) is 5.72. The third-order valence-electron chi connectivity index (χ3n) is 2.29. The van der Waals surface area contributed by atoms with Gasteiger partial charge in [0.1, 0.15) is 5.75 Å². The summed E-state index contributed by atoms with van der Waals surface area (Å²) in [6.07, 6.45) is -4.90. The molecule has 2 rings (SSSR count). The molecule has 0 atom stereocenters. The van der Waals surface area contributed by atoms with Crippen molar-refractivity contribution in [3.05, 3.63) is 60.7 Å². The van der Waals surface area contributed by atoms with Crippen molar-refractivity contribution in [2.75, 3.05) is 0 Å². The van der Waals surface area contributed by atoms with E-state index in [4.69, 9.17) is 4.65 Å². The Morgan fingerprint density at radius 3 is 1.90 bits per heavy atom. The molecule has 0 unspecified atom stereocenters. The second kappa shape index (κ2) is 6.45. The maximum Gasteiger partial charge on any atom is 0.591 e. The third-order valence-corrected chi connectivity index (χ3v) is 2.29. The van der Waals surface area contributed by atoms with Crippen molar-refractivity contribution >= 4 is 12.6 Å². The molecule has 0 aromatic heterocycles. The van der Waals surface area contributed by atoms with Gasteiger partial charge in [-0.3, -0.25) is 0 Å². The Hall–Kier alpha value is -1.99. The molecule has 0 spiro atoms. The highest BCUT2D eigenvalue weighted by molar-refractivity contribution is 6.61. The Balaban J connectivity index is 2.12. The summed E-state index contributed by atoms with van der Waals surface area (Å²) < 4.78 is 41.6. The van der Waals surface area contributed by atoms with Crippen molar-refractivity contribution in [1.82, 2.24) is 0 Å². The summed E-state index contributed by atoms with van der Waals surface area (Å²) >= 11 is 0. The Bertz CT molecular complexity index is 519.